The largest absolute Gasteiger partial charge is 0.495 e. The lowest BCUT2D eigenvalue weighted by molar-refractivity contribution is -0.119. The normalized spacial score (nSPS) is 11.7. The molecule has 0 aliphatic carbocycles. The fourth-order valence-corrected chi connectivity index (χ4v) is 4.86. The first kappa shape index (κ1) is 24.8. The zero-order chi connectivity index (χ0) is 24.0. The van der Waals surface area contributed by atoms with Crippen molar-refractivity contribution in [2.75, 3.05) is 18.0 Å². The summed E-state index contributed by atoms with van der Waals surface area (Å²) in [5, 5.41) is 4.32. The molecule has 0 unspecified atom stereocenters. The predicted octanol–water partition coefficient (Wildman–Crippen LogP) is 4.85. The molecule has 10 heteroatoms. The zero-order valence-corrected chi connectivity index (χ0v) is 21.0. The van der Waals surface area contributed by atoms with Crippen molar-refractivity contribution in [1.82, 2.24) is 5.43 Å². The second-order valence-electron chi connectivity index (χ2n) is 6.88. The van der Waals surface area contributed by atoms with Crippen molar-refractivity contribution in [3.63, 3.8) is 0 Å². The molecule has 172 valence electrons. The molecule has 1 N–H and O–H groups in total. The number of nitrogens with one attached hydrogen (secondary N) is 1. The number of benzene rings is 3. The summed E-state index contributed by atoms with van der Waals surface area (Å²) in [7, 11) is -2.60. The first-order valence-electron chi connectivity index (χ1n) is 9.73. The van der Waals surface area contributed by atoms with Gasteiger partial charge in [0.05, 0.1) is 28.4 Å². The molecule has 3 rings (SSSR count). The molecule has 0 aliphatic rings. The Morgan fingerprint density at radius 1 is 1.09 bits per heavy atom. The number of anilines is 1. The highest BCUT2D eigenvalue weighted by atomic mass is 79.9. The molecule has 0 atom stereocenters. The second kappa shape index (κ2) is 10.8. The monoisotopic (exact) mass is 549 g/mol. The van der Waals surface area contributed by atoms with Crippen LogP contribution in [0.4, 0.5) is 5.69 Å². The molecule has 0 saturated heterocycles. The van der Waals surface area contributed by atoms with Crippen molar-refractivity contribution in [3.05, 3.63) is 87.9 Å². The number of ether oxygens (including phenoxy) is 1. The Morgan fingerprint density at radius 3 is 2.36 bits per heavy atom. The molecule has 0 aromatic heterocycles. The molecule has 0 radical (unpaired) electrons. The number of carbonyl (C=O) groups is 1. The number of rotatable bonds is 8. The Labute approximate surface area is 206 Å². The summed E-state index contributed by atoms with van der Waals surface area (Å²) in [5.41, 5.74) is 4.03. The fraction of sp³-hybridized carbons (Fsp3) is 0.130. The van der Waals surface area contributed by atoms with E-state index < -0.39 is 22.5 Å². The third-order valence-corrected chi connectivity index (χ3v) is 7.26. The maximum atomic E-state index is 13.4. The van der Waals surface area contributed by atoms with E-state index in [2.05, 4.69) is 26.5 Å². The summed E-state index contributed by atoms with van der Waals surface area (Å²) in [5.74, 6) is -0.227. The van der Waals surface area contributed by atoms with E-state index in [9.17, 15) is 13.2 Å². The van der Waals surface area contributed by atoms with E-state index in [-0.39, 0.29) is 15.6 Å². The van der Waals surface area contributed by atoms with Gasteiger partial charge in [-0.2, -0.15) is 5.10 Å². The summed E-state index contributed by atoms with van der Waals surface area (Å²) >= 11 is 9.58. The number of hydrazone groups is 1. The molecule has 7 nitrogen and oxygen atoms in total. The zero-order valence-electron chi connectivity index (χ0n) is 17.8. The van der Waals surface area contributed by atoms with Crippen molar-refractivity contribution >= 4 is 54.9 Å². The molecule has 0 bridgehead atoms. The lowest BCUT2D eigenvalue weighted by atomic mass is 10.1. The van der Waals surface area contributed by atoms with Gasteiger partial charge in [-0.1, -0.05) is 57.9 Å². The second-order valence-corrected chi connectivity index (χ2v) is 10.1. The number of amides is 1. The van der Waals surface area contributed by atoms with Crippen LogP contribution < -0.4 is 14.5 Å². The van der Waals surface area contributed by atoms with Crippen LogP contribution in [-0.4, -0.2) is 33.7 Å². The third-order valence-electron chi connectivity index (χ3n) is 4.65. The van der Waals surface area contributed by atoms with Crippen LogP contribution in [0.1, 0.15) is 12.5 Å². The Morgan fingerprint density at radius 2 is 1.76 bits per heavy atom. The highest BCUT2D eigenvalue weighted by Crippen LogP contribution is 2.31. The van der Waals surface area contributed by atoms with Crippen LogP contribution in [0.25, 0.3) is 0 Å². The smallest absolute Gasteiger partial charge is 0.264 e. The van der Waals surface area contributed by atoms with Crippen LogP contribution in [-0.2, 0) is 14.8 Å². The van der Waals surface area contributed by atoms with Gasteiger partial charge in [-0.05, 0) is 55.0 Å². The Kier molecular flexibility index (Phi) is 8.12. The molecule has 0 saturated carbocycles. The predicted molar refractivity (Wildman–Crippen MR) is 133 cm³/mol. The van der Waals surface area contributed by atoms with Gasteiger partial charge in [0.1, 0.15) is 12.3 Å². The summed E-state index contributed by atoms with van der Waals surface area (Å²) in [6.45, 7) is 1.24. The number of carbonyl (C=O) groups excluding carboxylic acids is 1. The molecule has 1 amide bonds. The Balaban J connectivity index is 1.89. The van der Waals surface area contributed by atoms with E-state index in [1.165, 1.54) is 31.4 Å². The maximum Gasteiger partial charge on any atom is 0.264 e. The van der Waals surface area contributed by atoms with Gasteiger partial charge in [-0.15, -0.1) is 0 Å². The Hall–Kier alpha value is -2.88. The fourth-order valence-electron chi connectivity index (χ4n) is 2.91. The quantitative estimate of drug-likeness (QED) is 0.321. The van der Waals surface area contributed by atoms with Gasteiger partial charge in [0, 0.05) is 4.47 Å². The van der Waals surface area contributed by atoms with E-state index >= 15 is 0 Å². The van der Waals surface area contributed by atoms with E-state index in [1.54, 1.807) is 31.2 Å². The molecule has 3 aromatic carbocycles. The van der Waals surface area contributed by atoms with E-state index in [1.807, 2.05) is 24.3 Å². The molecule has 33 heavy (non-hydrogen) atoms. The van der Waals surface area contributed by atoms with E-state index in [4.69, 9.17) is 16.3 Å². The number of halogens is 2. The summed E-state index contributed by atoms with van der Waals surface area (Å²) in [6.07, 6.45) is 0. The van der Waals surface area contributed by atoms with Crippen molar-refractivity contribution in [1.29, 1.82) is 0 Å². The SMILES string of the molecule is COc1ccc(N(CC(=O)N/N=C(/C)c2ccc(Br)cc2)S(=O)(=O)c2ccccc2)cc1Cl. The summed E-state index contributed by atoms with van der Waals surface area (Å²) < 4.78 is 33.8. The standard InChI is InChI=1S/C23H21BrClN3O4S/c1-16(17-8-10-18(24)11-9-17)26-27-23(29)15-28(19-12-13-22(32-2)21(25)14-19)33(30,31)20-6-4-3-5-7-20/h3-14H,15H2,1-2H3,(H,27,29)/b26-16-. The lowest BCUT2D eigenvalue weighted by Crippen LogP contribution is -2.39. The molecule has 0 spiro atoms. The first-order valence-corrected chi connectivity index (χ1v) is 12.3. The van der Waals surface area contributed by atoms with Crippen LogP contribution in [0.15, 0.2) is 87.3 Å². The minimum atomic E-state index is -4.06. The average Bonchev–Trinajstić information content (AvgIpc) is 2.82. The average molecular weight is 551 g/mol. The molecule has 3 aromatic rings. The minimum Gasteiger partial charge on any atom is -0.495 e. The van der Waals surface area contributed by atoms with Crippen molar-refractivity contribution in [3.8, 4) is 5.75 Å². The van der Waals surface area contributed by atoms with Gasteiger partial charge in [-0.25, -0.2) is 13.8 Å². The van der Waals surface area contributed by atoms with Crippen LogP contribution in [0.2, 0.25) is 5.02 Å². The molecular formula is C23H21BrClN3O4S. The lowest BCUT2D eigenvalue weighted by Gasteiger charge is -2.24. The van der Waals surface area contributed by atoms with Gasteiger partial charge in [0.2, 0.25) is 0 Å². The van der Waals surface area contributed by atoms with Crippen molar-refractivity contribution in [2.45, 2.75) is 11.8 Å². The summed E-state index contributed by atoms with van der Waals surface area (Å²) in [4.78, 5) is 12.8. The number of nitrogens with zero attached hydrogens (tertiary/aromatic N) is 2. The first-order chi connectivity index (χ1) is 15.7. The van der Waals surface area contributed by atoms with Crippen LogP contribution in [0.5, 0.6) is 5.75 Å². The van der Waals surface area contributed by atoms with Crippen LogP contribution in [0.3, 0.4) is 0 Å². The maximum absolute atomic E-state index is 13.4. The number of hydrogen-bond donors (Lipinski definition) is 1. The number of hydrogen-bond acceptors (Lipinski definition) is 5. The number of sulfonamides is 1. The van der Waals surface area contributed by atoms with Gasteiger partial charge < -0.3 is 4.74 Å². The van der Waals surface area contributed by atoms with E-state index in [0.717, 1.165) is 14.3 Å². The van der Waals surface area contributed by atoms with Crippen molar-refractivity contribution in [2.24, 2.45) is 5.10 Å². The van der Waals surface area contributed by atoms with Crippen LogP contribution >= 0.6 is 27.5 Å². The molecule has 0 fully saturated rings. The van der Waals surface area contributed by atoms with Gasteiger partial charge >= 0.3 is 0 Å². The summed E-state index contributed by atoms with van der Waals surface area (Å²) in [6, 6.07) is 19.8. The number of methoxy groups -OCH3 is 1. The van der Waals surface area contributed by atoms with Crippen LogP contribution in [0, 0.1) is 0 Å². The van der Waals surface area contributed by atoms with E-state index in [0.29, 0.717) is 11.5 Å². The topological polar surface area (TPSA) is 88.1 Å². The minimum absolute atomic E-state index is 0.0410. The van der Waals surface area contributed by atoms with Gasteiger partial charge in [0.15, 0.2) is 0 Å². The highest BCUT2D eigenvalue weighted by molar-refractivity contribution is 9.10. The molecule has 0 aliphatic heterocycles. The highest BCUT2D eigenvalue weighted by Gasteiger charge is 2.27. The Bertz CT molecular complexity index is 1270. The molecule has 0 heterocycles. The van der Waals surface area contributed by atoms with Gasteiger partial charge in [-0.3, -0.25) is 9.10 Å². The van der Waals surface area contributed by atoms with Gasteiger partial charge in [0.25, 0.3) is 15.9 Å². The van der Waals surface area contributed by atoms with Crippen molar-refractivity contribution < 1.29 is 17.9 Å². The third kappa shape index (κ3) is 6.13. The molecular weight excluding hydrogens is 530 g/mol.